The largest absolute Gasteiger partial charge is 0.461 e. The van der Waals surface area contributed by atoms with Crippen LogP contribution in [-0.4, -0.2) is 17.6 Å². The van der Waals surface area contributed by atoms with Crippen LogP contribution >= 0.6 is 15.9 Å². The van der Waals surface area contributed by atoms with Crippen LogP contribution in [0.3, 0.4) is 0 Å². The molecule has 0 saturated carbocycles. The van der Waals surface area contributed by atoms with E-state index in [0.717, 1.165) is 6.07 Å². The Morgan fingerprint density at radius 2 is 2.35 bits per heavy atom. The van der Waals surface area contributed by atoms with E-state index < -0.39 is 18.0 Å². The molecule has 1 rings (SSSR count). The maximum atomic E-state index is 12.5. The van der Waals surface area contributed by atoms with Crippen molar-refractivity contribution in [1.82, 2.24) is 4.98 Å². The molecule has 17 heavy (non-hydrogen) atoms. The van der Waals surface area contributed by atoms with Crippen LogP contribution in [0.1, 0.15) is 35.0 Å². The lowest BCUT2D eigenvalue weighted by Gasteiger charge is -2.07. The summed E-state index contributed by atoms with van der Waals surface area (Å²) in [6.07, 6.45) is -2.78. The molecule has 0 aliphatic carbocycles. The molecule has 0 saturated heterocycles. The number of halogens is 3. The molecule has 0 atom stereocenters. The monoisotopic (exact) mass is 304 g/mol. The van der Waals surface area contributed by atoms with Gasteiger partial charge < -0.3 is 4.74 Å². The van der Waals surface area contributed by atoms with Crippen LogP contribution < -0.4 is 0 Å². The van der Waals surface area contributed by atoms with E-state index in [4.69, 9.17) is 5.26 Å². The lowest BCUT2D eigenvalue weighted by molar-refractivity contribution is 0.0518. The van der Waals surface area contributed by atoms with Gasteiger partial charge in [0.1, 0.15) is 10.7 Å². The van der Waals surface area contributed by atoms with E-state index in [0.29, 0.717) is 0 Å². The normalized spacial score (nSPS) is 10.1. The second-order valence-electron chi connectivity index (χ2n) is 2.90. The summed E-state index contributed by atoms with van der Waals surface area (Å²) < 4.78 is 29.6. The molecule has 0 aromatic carbocycles. The van der Waals surface area contributed by atoms with Crippen LogP contribution in [0, 0.1) is 11.3 Å². The van der Waals surface area contributed by atoms with E-state index >= 15 is 0 Å². The molecule has 0 unspecified atom stereocenters. The van der Waals surface area contributed by atoms with Gasteiger partial charge in [-0.3, -0.25) is 0 Å². The van der Waals surface area contributed by atoms with Gasteiger partial charge in [0.25, 0.3) is 6.43 Å². The molecule has 1 aromatic rings. The van der Waals surface area contributed by atoms with Crippen molar-refractivity contribution in [3.8, 4) is 6.07 Å². The fourth-order valence-electron chi connectivity index (χ4n) is 1.10. The third-order valence-electron chi connectivity index (χ3n) is 1.83. The number of esters is 1. The second-order valence-corrected chi connectivity index (χ2v) is 3.65. The third kappa shape index (κ3) is 2.97. The zero-order chi connectivity index (χ0) is 13.0. The van der Waals surface area contributed by atoms with Gasteiger partial charge in [-0.25, -0.2) is 18.6 Å². The summed E-state index contributed by atoms with van der Waals surface area (Å²) in [5.41, 5.74) is -0.942. The third-order valence-corrected chi connectivity index (χ3v) is 2.46. The molecule has 7 heteroatoms. The molecule has 0 radical (unpaired) electrons. The fourth-order valence-corrected chi connectivity index (χ4v) is 1.56. The lowest BCUT2D eigenvalue weighted by atomic mass is 10.1. The molecule has 0 aliphatic rings. The van der Waals surface area contributed by atoms with Gasteiger partial charge in [-0.1, -0.05) is 0 Å². The van der Waals surface area contributed by atoms with Gasteiger partial charge in [0.05, 0.1) is 17.7 Å². The van der Waals surface area contributed by atoms with Crippen LogP contribution in [0.5, 0.6) is 0 Å². The fraction of sp³-hybridized carbons (Fsp3) is 0.300. The Hall–Kier alpha value is -1.55. The predicted molar refractivity (Wildman–Crippen MR) is 57.6 cm³/mol. The molecule has 0 amide bonds. The summed E-state index contributed by atoms with van der Waals surface area (Å²) >= 11 is 2.82. The van der Waals surface area contributed by atoms with Gasteiger partial charge >= 0.3 is 5.97 Å². The van der Waals surface area contributed by atoms with Crippen LogP contribution in [0.15, 0.2) is 10.7 Å². The zero-order valence-electron chi connectivity index (χ0n) is 8.71. The Morgan fingerprint density at radius 3 is 2.82 bits per heavy atom. The van der Waals surface area contributed by atoms with Crippen molar-refractivity contribution in [2.75, 3.05) is 6.61 Å². The maximum absolute atomic E-state index is 12.5. The highest BCUT2D eigenvalue weighted by Crippen LogP contribution is 2.27. The first-order chi connectivity index (χ1) is 8.01. The molecule has 1 heterocycles. The standard InChI is InChI=1S/C10H7BrF2N2O2/c1-2-17-10(16)7-5(4-14)3-6(9(12)13)8(11)15-7/h3,9H,2H2,1H3. The van der Waals surface area contributed by atoms with Crippen molar-refractivity contribution < 1.29 is 18.3 Å². The molecule has 0 N–H and O–H groups in total. The number of carbonyl (C=O) groups excluding carboxylic acids is 1. The number of nitriles is 1. The smallest absolute Gasteiger partial charge is 0.358 e. The van der Waals surface area contributed by atoms with Gasteiger partial charge in [-0.15, -0.1) is 0 Å². The minimum Gasteiger partial charge on any atom is -0.461 e. The van der Waals surface area contributed by atoms with Gasteiger partial charge in [-0.2, -0.15) is 5.26 Å². The highest BCUT2D eigenvalue weighted by atomic mass is 79.9. The van der Waals surface area contributed by atoms with E-state index in [1.807, 2.05) is 0 Å². The van der Waals surface area contributed by atoms with Crippen LogP contribution in [0.25, 0.3) is 0 Å². The van der Waals surface area contributed by atoms with Crippen LogP contribution in [0.2, 0.25) is 0 Å². The quantitative estimate of drug-likeness (QED) is 0.636. The van der Waals surface area contributed by atoms with E-state index in [1.165, 1.54) is 0 Å². The molecular formula is C10H7BrF2N2O2. The molecular weight excluding hydrogens is 298 g/mol. The first-order valence-electron chi connectivity index (χ1n) is 4.57. The number of aromatic nitrogens is 1. The zero-order valence-corrected chi connectivity index (χ0v) is 10.3. The summed E-state index contributed by atoms with van der Waals surface area (Å²) in [6.45, 7) is 1.70. The average molecular weight is 305 g/mol. The van der Waals surface area contributed by atoms with Gasteiger partial charge in [0.15, 0.2) is 5.69 Å². The number of pyridine rings is 1. The molecule has 0 bridgehead atoms. The SMILES string of the molecule is CCOC(=O)c1nc(Br)c(C(F)F)cc1C#N. The highest BCUT2D eigenvalue weighted by molar-refractivity contribution is 9.10. The summed E-state index contributed by atoms with van der Waals surface area (Å²) in [5.74, 6) is -0.814. The number of alkyl halides is 2. The van der Waals surface area contributed by atoms with E-state index in [-0.39, 0.29) is 22.5 Å². The number of nitrogens with zero attached hydrogens (tertiary/aromatic N) is 2. The highest BCUT2D eigenvalue weighted by Gasteiger charge is 2.21. The molecule has 1 aromatic heterocycles. The van der Waals surface area contributed by atoms with Crippen LogP contribution in [0.4, 0.5) is 8.78 Å². The number of rotatable bonds is 3. The van der Waals surface area contributed by atoms with Gasteiger partial charge in [0, 0.05) is 0 Å². The average Bonchev–Trinajstić information content (AvgIpc) is 2.28. The van der Waals surface area contributed by atoms with E-state index in [2.05, 4.69) is 25.7 Å². The Labute approximate surface area is 104 Å². The van der Waals surface area contributed by atoms with Crippen LogP contribution in [-0.2, 0) is 4.74 Å². The lowest BCUT2D eigenvalue weighted by Crippen LogP contribution is -2.11. The molecule has 90 valence electrons. The number of hydrogen-bond donors (Lipinski definition) is 0. The van der Waals surface area contributed by atoms with Crippen molar-refractivity contribution in [3.05, 3.63) is 27.5 Å². The molecule has 0 aliphatic heterocycles. The van der Waals surface area contributed by atoms with Crippen molar-refractivity contribution in [2.24, 2.45) is 0 Å². The van der Waals surface area contributed by atoms with Crippen molar-refractivity contribution in [1.29, 1.82) is 5.26 Å². The van der Waals surface area contributed by atoms with E-state index in [1.54, 1.807) is 13.0 Å². The minimum absolute atomic E-state index is 0.111. The first kappa shape index (κ1) is 13.5. The van der Waals surface area contributed by atoms with Crippen molar-refractivity contribution >= 4 is 21.9 Å². The maximum Gasteiger partial charge on any atom is 0.358 e. The second kappa shape index (κ2) is 5.68. The first-order valence-corrected chi connectivity index (χ1v) is 5.36. The number of hydrogen-bond acceptors (Lipinski definition) is 4. The van der Waals surface area contributed by atoms with E-state index in [9.17, 15) is 13.6 Å². The Morgan fingerprint density at radius 1 is 1.71 bits per heavy atom. The Balaban J connectivity index is 3.30. The van der Waals surface area contributed by atoms with Gasteiger partial charge in [-0.05, 0) is 28.9 Å². The molecule has 0 spiro atoms. The summed E-state index contributed by atoms with van der Waals surface area (Å²) in [4.78, 5) is 15.0. The van der Waals surface area contributed by atoms with Gasteiger partial charge in [0.2, 0.25) is 0 Å². The van der Waals surface area contributed by atoms with Crippen molar-refractivity contribution in [2.45, 2.75) is 13.3 Å². The van der Waals surface area contributed by atoms with Crippen molar-refractivity contribution in [3.63, 3.8) is 0 Å². The molecule has 4 nitrogen and oxygen atoms in total. The summed E-state index contributed by atoms with van der Waals surface area (Å²) in [5, 5.41) is 8.77. The Kier molecular flexibility index (Phi) is 4.52. The topological polar surface area (TPSA) is 63.0 Å². The number of ether oxygens (including phenoxy) is 1. The number of carbonyl (C=O) groups is 1. The predicted octanol–water partition coefficient (Wildman–Crippen LogP) is 2.83. The Bertz CT molecular complexity index is 486. The summed E-state index contributed by atoms with van der Waals surface area (Å²) in [6, 6.07) is 2.56. The minimum atomic E-state index is -2.78. The summed E-state index contributed by atoms with van der Waals surface area (Å²) in [7, 11) is 0. The molecule has 0 fully saturated rings.